The molecule has 33 heavy (non-hydrogen) atoms. The SMILES string of the molecule is Cc1ccccc1C(=O)NC(C(=O)N1CCN(CC(=O)N2CC(C)CC(C)C2)CC1)C(C)C. The van der Waals surface area contributed by atoms with Gasteiger partial charge >= 0.3 is 0 Å². The maximum Gasteiger partial charge on any atom is 0.252 e. The number of piperidine rings is 1. The fraction of sp³-hybridized carbons (Fsp3) is 0.654. The van der Waals surface area contributed by atoms with E-state index in [1.165, 1.54) is 6.42 Å². The van der Waals surface area contributed by atoms with E-state index in [-0.39, 0.29) is 23.6 Å². The number of carbonyl (C=O) groups excluding carboxylic acids is 3. The molecule has 0 saturated carbocycles. The summed E-state index contributed by atoms with van der Waals surface area (Å²) in [7, 11) is 0. The van der Waals surface area contributed by atoms with E-state index in [1.807, 2.05) is 48.8 Å². The van der Waals surface area contributed by atoms with Gasteiger partial charge < -0.3 is 15.1 Å². The number of aryl methyl sites for hydroxylation is 1. The Hall–Kier alpha value is -2.41. The van der Waals surface area contributed by atoms with Crippen molar-refractivity contribution in [1.82, 2.24) is 20.0 Å². The highest BCUT2D eigenvalue weighted by molar-refractivity contribution is 5.98. The van der Waals surface area contributed by atoms with Crippen LogP contribution in [0.3, 0.4) is 0 Å². The van der Waals surface area contributed by atoms with Gasteiger partial charge in [-0.05, 0) is 42.7 Å². The number of likely N-dealkylation sites (tertiary alicyclic amines) is 1. The number of nitrogens with zero attached hydrogens (tertiary/aromatic N) is 3. The average Bonchev–Trinajstić information content (AvgIpc) is 2.76. The van der Waals surface area contributed by atoms with E-state index in [4.69, 9.17) is 0 Å². The predicted molar refractivity (Wildman–Crippen MR) is 130 cm³/mol. The number of amides is 3. The fourth-order valence-corrected chi connectivity index (χ4v) is 5.04. The second-order valence-electron chi connectivity index (χ2n) is 10.4. The van der Waals surface area contributed by atoms with Crippen molar-refractivity contribution in [2.75, 3.05) is 45.8 Å². The van der Waals surface area contributed by atoms with Gasteiger partial charge in [-0.15, -0.1) is 0 Å². The standard InChI is InChI=1S/C26H40N4O3/c1-18(2)24(27-25(32)22-9-7-6-8-21(22)5)26(33)29-12-10-28(11-13-29)17-23(31)30-15-19(3)14-20(4)16-30/h6-9,18-20,24H,10-17H2,1-5H3,(H,27,32). The third-order valence-corrected chi connectivity index (χ3v) is 6.87. The molecule has 1 aromatic carbocycles. The Balaban J connectivity index is 1.53. The molecule has 7 heteroatoms. The molecule has 2 saturated heterocycles. The van der Waals surface area contributed by atoms with Crippen molar-refractivity contribution < 1.29 is 14.4 Å². The second-order valence-corrected chi connectivity index (χ2v) is 10.4. The smallest absolute Gasteiger partial charge is 0.252 e. The van der Waals surface area contributed by atoms with Gasteiger partial charge in [0.2, 0.25) is 11.8 Å². The van der Waals surface area contributed by atoms with Crippen LogP contribution in [0.2, 0.25) is 0 Å². The third kappa shape index (κ3) is 6.56. The highest BCUT2D eigenvalue weighted by Crippen LogP contribution is 2.21. The highest BCUT2D eigenvalue weighted by Gasteiger charge is 2.32. The molecular formula is C26H40N4O3. The molecule has 7 nitrogen and oxygen atoms in total. The first-order chi connectivity index (χ1) is 15.7. The lowest BCUT2D eigenvalue weighted by Gasteiger charge is -2.39. The lowest BCUT2D eigenvalue weighted by molar-refractivity contribution is -0.138. The molecular weight excluding hydrogens is 416 g/mol. The Morgan fingerprint density at radius 2 is 1.58 bits per heavy atom. The van der Waals surface area contributed by atoms with E-state index >= 15 is 0 Å². The fourth-order valence-electron chi connectivity index (χ4n) is 5.04. The zero-order valence-electron chi connectivity index (χ0n) is 20.8. The van der Waals surface area contributed by atoms with E-state index < -0.39 is 6.04 Å². The maximum absolute atomic E-state index is 13.3. The van der Waals surface area contributed by atoms with Crippen LogP contribution < -0.4 is 5.32 Å². The molecule has 0 spiro atoms. The van der Waals surface area contributed by atoms with Crippen molar-refractivity contribution in [2.24, 2.45) is 17.8 Å². The molecule has 182 valence electrons. The molecule has 2 fully saturated rings. The number of benzene rings is 1. The van der Waals surface area contributed by atoms with Gasteiger partial charge in [0, 0.05) is 44.8 Å². The van der Waals surface area contributed by atoms with Crippen molar-refractivity contribution in [1.29, 1.82) is 0 Å². The van der Waals surface area contributed by atoms with Crippen LogP contribution in [0.25, 0.3) is 0 Å². The molecule has 0 aromatic heterocycles. The van der Waals surface area contributed by atoms with Gasteiger partial charge in [-0.25, -0.2) is 0 Å². The van der Waals surface area contributed by atoms with Gasteiger partial charge in [-0.3, -0.25) is 19.3 Å². The van der Waals surface area contributed by atoms with Crippen LogP contribution in [0, 0.1) is 24.7 Å². The van der Waals surface area contributed by atoms with Crippen molar-refractivity contribution in [3.8, 4) is 0 Å². The molecule has 3 atom stereocenters. The minimum atomic E-state index is -0.568. The van der Waals surface area contributed by atoms with E-state index in [1.54, 1.807) is 6.07 Å². The lowest BCUT2D eigenvalue weighted by Crippen LogP contribution is -2.57. The molecule has 1 aromatic rings. The van der Waals surface area contributed by atoms with E-state index in [2.05, 4.69) is 24.1 Å². The van der Waals surface area contributed by atoms with Crippen LogP contribution >= 0.6 is 0 Å². The summed E-state index contributed by atoms with van der Waals surface area (Å²) in [6, 6.07) is 6.84. The zero-order valence-corrected chi connectivity index (χ0v) is 20.8. The average molecular weight is 457 g/mol. The van der Waals surface area contributed by atoms with Crippen molar-refractivity contribution in [3.05, 3.63) is 35.4 Å². The molecule has 2 aliphatic heterocycles. The van der Waals surface area contributed by atoms with Gasteiger partial charge in [0.25, 0.3) is 5.91 Å². The molecule has 3 rings (SSSR count). The Labute approximate surface area is 198 Å². The molecule has 0 radical (unpaired) electrons. The summed E-state index contributed by atoms with van der Waals surface area (Å²) in [4.78, 5) is 44.9. The Bertz CT molecular complexity index is 838. The first kappa shape index (κ1) is 25.2. The van der Waals surface area contributed by atoms with Crippen LogP contribution in [0.15, 0.2) is 24.3 Å². The Kier molecular flexibility index (Phi) is 8.51. The molecule has 0 bridgehead atoms. The summed E-state index contributed by atoms with van der Waals surface area (Å²) >= 11 is 0. The number of hydrogen-bond donors (Lipinski definition) is 1. The minimum absolute atomic E-state index is 0.0202. The summed E-state index contributed by atoms with van der Waals surface area (Å²) in [5.41, 5.74) is 1.49. The van der Waals surface area contributed by atoms with Crippen molar-refractivity contribution in [2.45, 2.75) is 47.1 Å². The molecule has 0 aliphatic carbocycles. The molecule has 3 unspecified atom stereocenters. The number of carbonyl (C=O) groups is 3. The first-order valence-corrected chi connectivity index (χ1v) is 12.3. The Morgan fingerprint density at radius 3 is 2.15 bits per heavy atom. The monoisotopic (exact) mass is 456 g/mol. The summed E-state index contributed by atoms with van der Waals surface area (Å²) in [6.07, 6.45) is 1.18. The number of piperazine rings is 1. The third-order valence-electron chi connectivity index (χ3n) is 6.87. The number of nitrogens with one attached hydrogen (secondary N) is 1. The van der Waals surface area contributed by atoms with E-state index in [0.29, 0.717) is 50.1 Å². The zero-order chi connectivity index (χ0) is 24.1. The van der Waals surface area contributed by atoms with Crippen LogP contribution in [0.1, 0.15) is 50.0 Å². The molecule has 1 N–H and O–H groups in total. The first-order valence-electron chi connectivity index (χ1n) is 12.3. The summed E-state index contributed by atoms with van der Waals surface area (Å²) in [6.45, 7) is 14.8. The second kappa shape index (κ2) is 11.1. The lowest BCUT2D eigenvalue weighted by atomic mass is 9.92. The van der Waals surface area contributed by atoms with Crippen LogP contribution in [0.5, 0.6) is 0 Å². The molecule has 2 aliphatic rings. The normalized spacial score (nSPS) is 22.8. The van der Waals surface area contributed by atoms with Crippen LogP contribution in [-0.4, -0.2) is 84.3 Å². The van der Waals surface area contributed by atoms with Crippen LogP contribution in [-0.2, 0) is 9.59 Å². The summed E-state index contributed by atoms with van der Waals surface area (Å²) < 4.78 is 0. The van der Waals surface area contributed by atoms with E-state index in [0.717, 1.165) is 18.7 Å². The summed E-state index contributed by atoms with van der Waals surface area (Å²) in [5.74, 6) is 1.02. The Morgan fingerprint density at radius 1 is 0.970 bits per heavy atom. The van der Waals surface area contributed by atoms with Gasteiger partial charge in [-0.1, -0.05) is 45.9 Å². The maximum atomic E-state index is 13.3. The largest absolute Gasteiger partial charge is 0.341 e. The van der Waals surface area contributed by atoms with Gasteiger partial charge in [0.05, 0.1) is 6.54 Å². The number of rotatable bonds is 6. The molecule has 3 amide bonds. The topological polar surface area (TPSA) is 73.0 Å². The quantitative estimate of drug-likeness (QED) is 0.714. The highest BCUT2D eigenvalue weighted by atomic mass is 16.2. The van der Waals surface area contributed by atoms with Gasteiger partial charge in [0.1, 0.15) is 6.04 Å². The number of hydrogen-bond acceptors (Lipinski definition) is 4. The summed E-state index contributed by atoms with van der Waals surface area (Å²) in [5, 5.41) is 2.96. The van der Waals surface area contributed by atoms with Gasteiger partial charge in [-0.2, -0.15) is 0 Å². The van der Waals surface area contributed by atoms with Crippen molar-refractivity contribution >= 4 is 17.7 Å². The minimum Gasteiger partial charge on any atom is -0.341 e. The van der Waals surface area contributed by atoms with Crippen molar-refractivity contribution in [3.63, 3.8) is 0 Å². The van der Waals surface area contributed by atoms with Gasteiger partial charge in [0.15, 0.2) is 0 Å². The predicted octanol–water partition coefficient (Wildman–Crippen LogP) is 2.40. The van der Waals surface area contributed by atoms with Crippen LogP contribution in [0.4, 0.5) is 0 Å². The van der Waals surface area contributed by atoms with E-state index in [9.17, 15) is 14.4 Å². The molecule has 2 heterocycles.